The van der Waals surface area contributed by atoms with Crippen molar-refractivity contribution in [3.05, 3.63) is 96.2 Å². The van der Waals surface area contributed by atoms with Crippen molar-refractivity contribution >= 4 is 25.2 Å². The zero-order valence-corrected chi connectivity index (χ0v) is 14.9. The molecule has 0 aliphatic carbocycles. The Balaban J connectivity index is 1.86. The van der Waals surface area contributed by atoms with Crippen molar-refractivity contribution in [2.75, 3.05) is 6.61 Å². The van der Waals surface area contributed by atoms with Gasteiger partial charge < -0.3 is 4.74 Å². The standard InChI is InChI=1S/C22H21OSi/c1-2-23-20-15-13-19(14-16-20)17-18-24(21-9-5-3-6-10-21)22-11-7-4-8-12-22/h3-18H,2H2,1H3/b18-17+. The van der Waals surface area contributed by atoms with Gasteiger partial charge in [-0.25, -0.2) is 0 Å². The summed E-state index contributed by atoms with van der Waals surface area (Å²) in [5, 5.41) is 2.80. The Kier molecular flexibility index (Phi) is 5.64. The molecule has 1 radical (unpaired) electrons. The van der Waals surface area contributed by atoms with Gasteiger partial charge in [-0.2, -0.15) is 0 Å². The lowest BCUT2D eigenvalue weighted by molar-refractivity contribution is 0.340. The minimum Gasteiger partial charge on any atom is -0.494 e. The molecular weight excluding hydrogens is 308 g/mol. The molecule has 119 valence electrons. The summed E-state index contributed by atoms with van der Waals surface area (Å²) < 4.78 is 5.51. The maximum atomic E-state index is 5.51. The molecule has 24 heavy (non-hydrogen) atoms. The largest absolute Gasteiger partial charge is 0.494 e. The quantitative estimate of drug-likeness (QED) is 0.622. The first-order valence-electron chi connectivity index (χ1n) is 8.25. The summed E-state index contributed by atoms with van der Waals surface area (Å²) in [6.45, 7) is 2.70. The second kappa shape index (κ2) is 8.32. The fourth-order valence-electron chi connectivity index (χ4n) is 2.62. The van der Waals surface area contributed by atoms with Crippen LogP contribution in [0.2, 0.25) is 0 Å². The molecule has 0 aliphatic heterocycles. The van der Waals surface area contributed by atoms with Gasteiger partial charge in [0.2, 0.25) is 0 Å². The predicted octanol–water partition coefficient (Wildman–Crippen LogP) is 3.95. The first kappa shape index (κ1) is 16.3. The highest BCUT2D eigenvalue weighted by Gasteiger charge is 2.12. The van der Waals surface area contributed by atoms with E-state index >= 15 is 0 Å². The summed E-state index contributed by atoms with van der Waals surface area (Å²) in [6, 6.07) is 29.8. The first-order chi connectivity index (χ1) is 11.9. The van der Waals surface area contributed by atoms with E-state index in [0.29, 0.717) is 6.61 Å². The van der Waals surface area contributed by atoms with Crippen molar-refractivity contribution in [1.29, 1.82) is 0 Å². The summed E-state index contributed by atoms with van der Waals surface area (Å²) >= 11 is 0. The predicted molar refractivity (Wildman–Crippen MR) is 105 cm³/mol. The van der Waals surface area contributed by atoms with E-state index in [1.54, 1.807) is 0 Å². The van der Waals surface area contributed by atoms with Crippen LogP contribution >= 0.6 is 0 Å². The third-order valence-corrected chi connectivity index (χ3v) is 6.21. The van der Waals surface area contributed by atoms with Crippen molar-refractivity contribution in [3.8, 4) is 5.75 Å². The fraction of sp³-hybridized carbons (Fsp3) is 0.0909. The van der Waals surface area contributed by atoms with Crippen LogP contribution in [0.5, 0.6) is 5.75 Å². The lowest BCUT2D eigenvalue weighted by Crippen LogP contribution is -2.40. The van der Waals surface area contributed by atoms with E-state index in [-0.39, 0.29) is 0 Å². The maximum absolute atomic E-state index is 5.51. The molecule has 0 aromatic heterocycles. The van der Waals surface area contributed by atoms with Gasteiger partial charge in [-0.3, -0.25) is 0 Å². The molecule has 3 rings (SSSR count). The Morgan fingerprint density at radius 3 is 1.79 bits per heavy atom. The van der Waals surface area contributed by atoms with E-state index < -0.39 is 8.80 Å². The van der Waals surface area contributed by atoms with Crippen molar-refractivity contribution in [1.82, 2.24) is 0 Å². The Labute approximate surface area is 145 Å². The second-order valence-corrected chi connectivity index (χ2v) is 7.80. The number of benzene rings is 3. The van der Waals surface area contributed by atoms with Crippen molar-refractivity contribution in [2.45, 2.75) is 6.92 Å². The molecule has 0 bridgehead atoms. The van der Waals surface area contributed by atoms with Crippen LogP contribution in [0.25, 0.3) is 6.08 Å². The van der Waals surface area contributed by atoms with E-state index in [2.05, 4.69) is 84.6 Å². The first-order valence-corrected chi connectivity index (χ1v) is 9.83. The fourth-order valence-corrected chi connectivity index (χ4v) is 4.80. The van der Waals surface area contributed by atoms with Crippen LogP contribution in [0, 0.1) is 0 Å². The Bertz CT molecular complexity index is 725. The van der Waals surface area contributed by atoms with Crippen molar-refractivity contribution < 1.29 is 4.74 Å². The number of ether oxygens (including phenoxy) is 1. The van der Waals surface area contributed by atoms with Crippen LogP contribution in [0.15, 0.2) is 90.6 Å². The zero-order chi connectivity index (χ0) is 16.6. The smallest absolute Gasteiger partial charge is 0.147 e. The molecule has 0 amide bonds. The summed E-state index contributed by atoms with van der Waals surface area (Å²) in [7, 11) is -0.929. The lowest BCUT2D eigenvalue weighted by atomic mass is 10.2. The van der Waals surface area contributed by atoms with Gasteiger partial charge in [-0.05, 0) is 24.6 Å². The number of hydrogen-bond acceptors (Lipinski definition) is 1. The molecule has 0 saturated heterocycles. The summed E-state index contributed by atoms with van der Waals surface area (Å²) in [6.07, 6.45) is 2.23. The highest BCUT2D eigenvalue weighted by Crippen LogP contribution is 2.13. The monoisotopic (exact) mass is 329 g/mol. The third kappa shape index (κ3) is 4.24. The molecule has 3 aromatic carbocycles. The molecule has 0 saturated carbocycles. The van der Waals surface area contributed by atoms with Crippen LogP contribution in [-0.4, -0.2) is 15.4 Å². The van der Waals surface area contributed by atoms with Crippen LogP contribution in [0.1, 0.15) is 12.5 Å². The molecule has 0 N–H and O–H groups in total. The average molecular weight is 329 g/mol. The Morgan fingerprint density at radius 1 is 0.750 bits per heavy atom. The minimum atomic E-state index is -0.929. The summed E-state index contributed by atoms with van der Waals surface area (Å²) in [5.41, 5.74) is 3.57. The second-order valence-electron chi connectivity index (χ2n) is 5.48. The molecule has 0 atom stereocenters. The van der Waals surface area contributed by atoms with Crippen molar-refractivity contribution in [2.24, 2.45) is 0 Å². The van der Waals surface area contributed by atoms with Gasteiger partial charge in [0.1, 0.15) is 14.5 Å². The van der Waals surface area contributed by atoms with Gasteiger partial charge in [0.05, 0.1) is 6.61 Å². The molecule has 0 unspecified atom stereocenters. The Morgan fingerprint density at radius 2 is 1.29 bits per heavy atom. The minimum absolute atomic E-state index is 0.699. The van der Waals surface area contributed by atoms with Gasteiger partial charge in [0, 0.05) is 0 Å². The highest BCUT2D eigenvalue weighted by molar-refractivity contribution is 6.89. The molecule has 0 fully saturated rings. The van der Waals surface area contributed by atoms with Gasteiger partial charge in [-0.15, -0.1) is 0 Å². The van der Waals surface area contributed by atoms with E-state index in [9.17, 15) is 0 Å². The molecule has 2 heteroatoms. The topological polar surface area (TPSA) is 9.23 Å². The van der Waals surface area contributed by atoms with E-state index in [0.717, 1.165) is 5.75 Å². The molecule has 3 aromatic rings. The normalized spacial score (nSPS) is 11.1. The van der Waals surface area contributed by atoms with Crippen molar-refractivity contribution in [3.63, 3.8) is 0 Å². The third-order valence-electron chi connectivity index (χ3n) is 3.80. The number of hydrogen-bond donors (Lipinski definition) is 0. The van der Waals surface area contributed by atoms with Crippen LogP contribution in [-0.2, 0) is 0 Å². The van der Waals surface area contributed by atoms with Crippen LogP contribution in [0.4, 0.5) is 0 Å². The van der Waals surface area contributed by atoms with Gasteiger partial charge in [-0.1, -0.05) is 94.9 Å². The summed E-state index contributed by atoms with van der Waals surface area (Å²) in [5.74, 6) is 0.922. The van der Waals surface area contributed by atoms with E-state index in [4.69, 9.17) is 4.74 Å². The van der Waals surface area contributed by atoms with Gasteiger partial charge in [0.15, 0.2) is 0 Å². The molecule has 0 spiro atoms. The summed E-state index contributed by atoms with van der Waals surface area (Å²) in [4.78, 5) is 0. The maximum Gasteiger partial charge on any atom is 0.147 e. The molecular formula is C22H21OSi. The van der Waals surface area contributed by atoms with Crippen LogP contribution in [0.3, 0.4) is 0 Å². The lowest BCUT2D eigenvalue weighted by Gasteiger charge is -2.11. The SMILES string of the molecule is CCOc1ccc(/C=C/[Si](c2ccccc2)c2ccccc2)cc1. The van der Waals surface area contributed by atoms with Crippen LogP contribution < -0.4 is 15.1 Å². The average Bonchev–Trinajstić information content (AvgIpc) is 2.65. The zero-order valence-electron chi connectivity index (χ0n) is 13.9. The van der Waals surface area contributed by atoms with Gasteiger partial charge >= 0.3 is 0 Å². The molecule has 0 aliphatic rings. The van der Waals surface area contributed by atoms with E-state index in [1.807, 2.05) is 19.1 Å². The Hall–Kier alpha value is -2.58. The van der Waals surface area contributed by atoms with Gasteiger partial charge in [0.25, 0.3) is 0 Å². The highest BCUT2D eigenvalue weighted by atomic mass is 28.3. The molecule has 1 nitrogen and oxygen atoms in total. The van der Waals surface area contributed by atoms with E-state index in [1.165, 1.54) is 15.9 Å². The molecule has 0 heterocycles. The number of rotatable bonds is 6.